The maximum Gasteiger partial charge on any atom is 0.0634 e. The van der Waals surface area contributed by atoms with Gasteiger partial charge in [-0.1, -0.05) is 48.2 Å². The van der Waals surface area contributed by atoms with Crippen LogP contribution in [0.2, 0.25) is 0 Å². The lowest BCUT2D eigenvalue weighted by Gasteiger charge is -2.06. The summed E-state index contributed by atoms with van der Waals surface area (Å²) in [5.41, 5.74) is 1.43. The van der Waals surface area contributed by atoms with Crippen LogP contribution in [0.25, 0.3) is 0 Å². The molecule has 0 unspecified atom stereocenters. The lowest BCUT2D eigenvalue weighted by atomic mass is 9.98. The summed E-state index contributed by atoms with van der Waals surface area (Å²) in [5, 5.41) is 0. The molecule has 0 aliphatic rings. The molecule has 0 atom stereocenters. The Bertz CT molecular complexity index is 424. The van der Waals surface area contributed by atoms with E-state index in [1.54, 1.807) is 0 Å². The van der Waals surface area contributed by atoms with Gasteiger partial charge in [0.2, 0.25) is 0 Å². The van der Waals surface area contributed by atoms with Crippen LogP contribution >= 0.6 is 15.9 Å². The highest BCUT2D eigenvalue weighted by Gasteiger charge is 2.03. The Balaban J connectivity index is 2.46. The molecule has 1 aromatic rings. The van der Waals surface area contributed by atoms with Crippen molar-refractivity contribution in [1.29, 1.82) is 0 Å². The first-order chi connectivity index (χ1) is 7.97. The molecule has 0 aliphatic carbocycles. The van der Waals surface area contributed by atoms with E-state index in [1.807, 2.05) is 6.07 Å². The van der Waals surface area contributed by atoms with Crippen molar-refractivity contribution in [3.63, 3.8) is 0 Å². The second kappa shape index (κ2) is 6.67. The van der Waals surface area contributed by atoms with Crippen molar-refractivity contribution in [2.24, 2.45) is 5.41 Å². The fourth-order valence-corrected chi connectivity index (χ4v) is 1.64. The van der Waals surface area contributed by atoms with Gasteiger partial charge in [-0.05, 0) is 55.1 Å². The fourth-order valence-electron chi connectivity index (χ4n) is 1.31. The Morgan fingerprint density at radius 2 is 1.88 bits per heavy atom. The zero-order valence-corrected chi connectivity index (χ0v) is 12.3. The van der Waals surface area contributed by atoms with Gasteiger partial charge in [-0.15, -0.1) is 0 Å². The van der Waals surface area contributed by atoms with Crippen LogP contribution in [0.15, 0.2) is 40.9 Å². The molecule has 0 saturated carbocycles. The lowest BCUT2D eigenvalue weighted by Crippen LogP contribution is -1.99. The molecule has 0 spiro atoms. The number of halogens is 1. The quantitative estimate of drug-likeness (QED) is 0.691. The van der Waals surface area contributed by atoms with Crippen molar-refractivity contribution in [2.75, 3.05) is 0 Å². The summed E-state index contributed by atoms with van der Waals surface area (Å²) in [7, 11) is 0. The first kappa shape index (κ1) is 14.1. The van der Waals surface area contributed by atoms with Gasteiger partial charge in [-0.2, -0.15) is 0 Å². The van der Waals surface area contributed by atoms with E-state index in [0.29, 0.717) is 0 Å². The standard InChI is InChI=1S/C16H19Br/c1-16(2,3)13-12-15(17)11-7-10-14-8-5-4-6-9-14/h4-6,8-9,11H,7,10H2,1-3H3/b15-11-. The summed E-state index contributed by atoms with van der Waals surface area (Å²) in [6, 6.07) is 10.5. The third-order valence-electron chi connectivity index (χ3n) is 2.16. The highest BCUT2D eigenvalue weighted by atomic mass is 79.9. The number of rotatable bonds is 3. The maximum atomic E-state index is 3.49. The zero-order chi connectivity index (χ0) is 12.7. The van der Waals surface area contributed by atoms with E-state index in [1.165, 1.54) is 5.56 Å². The largest absolute Gasteiger partial charge is 0.0914 e. The molecule has 0 radical (unpaired) electrons. The van der Waals surface area contributed by atoms with Crippen molar-refractivity contribution in [3.8, 4) is 11.8 Å². The Hall–Kier alpha value is -1.00. The van der Waals surface area contributed by atoms with Crippen molar-refractivity contribution in [1.82, 2.24) is 0 Å². The topological polar surface area (TPSA) is 0 Å². The van der Waals surface area contributed by atoms with Crippen molar-refractivity contribution >= 4 is 15.9 Å². The average molecular weight is 291 g/mol. The molecular formula is C16H19Br. The molecule has 90 valence electrons. The van der Waals surface area contributed by atoms with Gasteiger partial charge in [0.05, 0.1) is 4.48 Å². The summed E-state index contributed by atoms with van der Waals surface area (Å²) < 4.78 is 0.989. The van der Waals surface area contributed by atoms with Gasteiger partial charge in [0.15, 0.2) is 0 Å². The molecule has 0 aliphatic heterocycles. The molecule has 0 nitrogen and oxygen atoms in total. The first-order valence-electron chi connectivity index (χ1n) is 5.90. The van der Waals surface area contributed by atoms with Crippen LogP contribution in [0.5, 0.6) is 0 Å². The first-order valence-corrected chi connectivity index (χ1v) is 6.69. The average Bonchev–Trinajstić information content (AvgIpc) is 2.27. The molecule has 0 saturated heterocycles. The van der Waals surface area contributed by atoms with Crippen LogP contribution in [-0.4, -0.2) is 0 Å². The van der Waals surface area contributed by atoms with Crippen LogP contribution in [0.4, 0.5) is 0 Å². The summed E-state index contributed by atoms with van der Waals surface area (Å²) in [6.07, 6.45) is 4.22. The van der Waals surface area contributed by atoms with Crippen molar-refractivity contribution < 1.29 is 0 Å². The van der Waals surface area contributed by atoms with E-state index >= 15 is 0 Å². The summed E-state index contributed by atoms with van der Waals surface area (Å²) >= 11 is 3.49. The Morgan fingerprint density at radius 1 is 1.24 bits per heavy atom. The summed E-state index contributed by atoms with van der Waals surface area (Å²) in [4.78, 5) is 0. The number of hydrogen-bond acceptors (Lipinski definition) is 0. The molecule has 0 amide bonds. The minimum absolute atomic E-state index is 0.0618. The molecule has 1 aromatic carbocycles. The Kier molecular flexibility index (Phi) is 5.51. The maximum absolute atomic E-state index is 3.49. The SMILES string of the molecule is CC(C)(C)C#C/C(Br)=C/CCc1ccccc1. The third-order valence-corrected chi connectivity index (χ3v) is 2.68. The van der Waals surface area contributed by atoms with Crippen LogP contribution in [0, 0.1) is 17.3 Å². The van der Waals surface area contributed by atoms with Gasteiger partial charge in [-0.25, -0.2) is 0 Å². The Labute approximate surface area is 113 Å². The van der Waals surface area contributed by atoms with E-state index in [2.05, 4.69) is 78.9 Å². The molecular weight excluding hydrogens is 272 g/mol. The number of allylic oxidation sites excluding steroid dienone is 2. The van der Waals surface area contributed by atoms with Crippen molar-refractivity contribution in [2.45, 2.75) is 33.6 Å². The highest BCUT2D eigenvalue weighted by Crippen LogP contribution is 2.13. The fraction of sp³-hybridized carbons (Fsp3) is 0.375. The van der Waals surface area contributed by atoms with Gasteiger partial charge in [0, 0.05) is 5.41 Å². The molecule has 1 rings (SSSR count). The van der Waals surface area contributed by atoms with Gasteiger partial charge in [-0.3, -0.25) is 0 Å². The van der Waals surface area contributed by atoms with Crippen LogP contribution < -0.4 is 0 Å². The Morgan fingerprint density at radius 3 is 2.47 bits per heavy atom. The number of benzene rings is 1. The third kappa shape index (κ3) is 7.02. The second-order valence-corrected chi connectivity index (χ2v) is 5.93. The van der Waals surface area contributed by atoms with E-state index in [9.17, 15) is 0 Å². The minimum atomic E-state index is 0.0618. The summed E-state index contributed by atoms with van der Waals surface area (Å²) in [6.45, 7) is 6.35. The van der Waals surface area contributed by atoms with Crippen LogP contribution in [0.1, 0.15) is 32.8 Å². The monoisotopic (exact) mass is 290 g/mol. The van der Waals surface area contributed by atoms with Gasteiger partial charge in [0.25, 0.3) is 0 Å². The molecule has 0 aromatic heterocycles. The summed E-state index contributed by atoms with van der Waals surface area (Å²) in [5.74, 6) is 6.34. The molecule has 0 fully saturated rings. The van der Waals surface area contributed by atoms with E-state index in [-0.39, 0.29) is 5.41 Å². The van der Waals surface area contributed by atoms with Crippen LogP contribution in [-0.2, 0) is 6.42 Å². The number of hydrogen-bond donors (Lipinski definition) is 0. The van der Waals surface area contributed by atoms with E-state index in [0.717, 1.165) is 17.3 Å². The van der Waals surface area contributed by atoms with Gasteiger partial charge in [0.1, 0.15) is 0 Å². The van der Waals surface area contributed by atoms with Gasteiger partial charge < -0.3 is 0 Å². The molecule has 0 heterocycles. The molecule has 17 heavy (non-hydrogen) atoms. The highest BCUT2D eigenvalue weighted by molar-refractivity contribution is 9.12. The normalized spacial score (nSPS) is 11.9. The minimum Gasteiger partial charge on any atom is -0.0914 e. The predicted molar refractivity (Wildman–Crippen MR) is 79.0 cm³/mol. The molecule has 0 N–H and O–H groups in total. The number of aryl methyl sites for hydroxylation is 1. The predicted octanol–water partition coefficient (Wildman–Crippen LogP) is 4.95. The molecule has 1 heteroatoms. The zero-order valence-electron chi connectivity index (χ0n) is 10.8. The molecule has 0 bridgehead atoms. The second-order valence-electron chi connectivity index (χ2n) is 5.08. The van der Waals surface area contributed by atoms with Crippen LogP contribution in [0.3, 0.4) is 0 Å². The smallest absolute Gasteiger partial charge is 0.0634 e. The van der Waals surface area contributed by atoms with E-state index < -0.39 is 0 Å². The van der Waals surface area contributed by atoms with Crippen molar-refractivity contribution in [3.05, 3.63) is 46.5 Å². The van der Waals surface area contributed by atoms with Gasteiger partial charge >= 0.3 is 0 Å². The van der Waals surface area contributed by atoms with E-state index in [4.69, 9.17) is 0 Å². The lowest BCUT2D eigenvalue weighted by molar-refractivity contribution is 0.571.